The normalized spacial score (nSPS) is 24.6. The van der Waals surface area contributed by atoms with E-state index in [2.05, 4.69) is 58.5 Å². The molecule has 0 bridgehead atoms. The van der Waals surface area contributed by atoms with Crippen LogP contribution >= 0.6 is 0 Å². The molecule has 8 rings (SSSR count). The Bertz CT molecular complexity index is 1730. The molecule has 0 radical (unpaired) electrons. The SMILES string of the molecule is CN(C)C1(CNc2nc(OC[C@]34CCCN3C[C@@H](F)C4)nc3c(F)c(-c4cccc5cccc(C6CC6)c45)ncc23)CCC1. The molecule has 7 nitrogen and oxygen atoms in total. The Labute approximate surface area is 257 Å². The molecule has 0 amide bonds. The molecule has 4 aromatic rings. The second kappa shape index (κ2) is 10.6. The first kappa shape index (κ1) is 28.1. The zero-order valence-electron chi connectivity index (χ0n) is 25.6. The number of ether oxygens (including phenoxy) is 1. The van der Waals surface area contributed by atoms with Crippen molar-refractivity contribution in [2.75, 3.05) is 45.7 Å². The maximum atomic E-state index is 16.8. The van der Waals surface area contributed by atoms with Gasteiger partial charge in [0.25, 0.3) is 0 Å². The lowest BCUT2D eigenvalue weighted by Crippen LogP contribution is -2.54. The fourth-order valence-corrected chi connectivity index (χ4v) is 7.99. The average molecular weight is 599 g/mol. The van der Waals surface area contributed by atoms with Crippen LogP contribution in [0.25, 0.3) is 32.9 Å². The number of hydrogen-bond donors (Lipinski definition) is 1. The fraction of sp³-hybridized carbons (Fsp3) is 0.514. The van der Waals surface area contributed by atoms with Crippen LogP contribution in [0.15, 0.2) is 42.6 Å². The van der Waals surface area contributed by atoms with Gasteiger partial charge in [-0.05, 0) is 87.8 Å². The summed E-state index contributed by atoms with van der Waals surface area (Å²) in [4.78, 5) is 18.6. The highest BCUT2D eigenvalue weighted by atomic mass is 19.1. The van der Waals surface area contributed by atoms with Crippen LogP contribution in [0.5, 0.6) is 6.01 Å². The van der Waals surface area contributed by atoms with E-state index in [-0.39, 0.29) is 34.9 Å². The van der Waals surface area contributed by atoms with Crippen LogP contribution in [0.3, 0.4) is 0 Å². The van der Waals surface area contributed by atoms with E-state index in [0.29, 0.717) is 36.6 Å². The van der Waals surface area contributed by atoms with Crippen molar-refractivity contribution in [2.24, 2.45) is 0 Å². The highest BCUT2D eigenvalue weighted by Crippen LogP contribution is 2.46. The topological polar surface area (TPSA) is 66.4 Å². The number of likely N-dealkylation sites (N-methyl/N-ethyl adjacent to an activating group) is 1. The number of hydrogen-bond acceptors (Lipinski definition) is 7. The molecule has 1 N–H and O–H groups in total. The molecule has 9 heteroatoms. The highest BCUT2D eigenvalue weighted by Gasteiger charge is 2.49. The van der Waals surface area contributed by atoms with E-state index in [1.807, 2.05) is 12.1 Å². The van der Waals surface area contributed by atoms with Crippen LogP contribution in [0, 0.1) is 5.82 Å². The molecule has 2 saturated carbocycles. The number of halogens is 2. The van der Waals surface area contributed by atoms with Crippen LogP contribution < -0.4 is 10.1 Å². The molecule has 44 heavy (non-hydrogen) atoms. The van der Waals surface area contributed by atoms with Gasteiger partial charge >= 0.3 is 6.01 Å². The number of rotatable bonds is 9. The number of anilines is 1. The van der Waals surface area contributed by atoms with Gasteiger partial charge in [0, 0.05) is 36.8 Å². The maximum Gasteiger partial charge on any atom is 0.319 e. The molecule has 2 aliphatic heterocycles. The van der Waals surface area contributed by atoms with Crippen molar-refractivity contribution in [3.05, 3.63) is 54.0 Å². The molecule has 2 aromatic carbocycles. The van der Waals surface area contributed by atoms with Crippen LogP contribution in [0.1, 0.15) is 62.8 Å². The first-order valence-corrected chi connectivity index (χ1v) is 16.2. The lowest BCUT2D eigenvalue weighted by Gasteiger charge is -2.47. The lowest BCUT2D eigenvalue weighted by molar-refractivity contribution is 0.0738. The Balaban J connectivity index is 1.21. The van der Waals surface area contributed by atoms with Crippen molar-refractivity contribution in [2.45, 2.75) is 74.5 Å². The zero-order chi connectivity index (χ0) is 30.1. The van der Waals surface area contributed by atoms with Gasteiger partial charge in [0.1, 0.15) is 29.8 Å². The van der Waals surface area contributed by atoms with Crippen molar-refractivity contribution in [3.63, 3.8) is 0 Å². The third kappa shape index (κ3) is 4.62. The second-order valence-electron chi connectivity index (χ2n) is 13.8. The van der Waals surface area contributed by atoms with Gasteiger partial charge < -0.3 is 15.0 Å². The first-order valence-electron chi connectivity index (χ1n) is 16.2. The molecule has 2 atom stereocenters. The number of benzene rings is 2. The number of nitrogens with zero attached hydrogens (tertiary/aromatic N) is 5. The van der Waals surface area contributed by atoms with E-state index in [1.54, 1.807) is 6.20 Å². The number of alkyl halides is 1. The number of nitrogens with one attached hydrogen (secondary N) is 1. The minimum atomic E-state index is -0.856. The maximum absolute atomic E-state index is 16.8. The molecule has 0 unspecified atom stereocenters. The van der Waals surface area contributed by atoms with Crippen molar-refractivity contribution in [1.82, 2.24) is 24.8 Å². The van der Waals surface area contributed by atoms with Crippen molar-refractivity contribution in [3.8, 4) is 17.3 Å². The smallest absolute Gasteiger partial charge is 0.319 e. The Hall–Kier alpha value is -3.43. The van der Waals surface area contributed by atoms with Crippen molar-refractivity contribution >= 4 is 27.5 Å². The third-order valence-electron chi connectivity index (χ3n) is 10.9. The van der Waals surface area contributed by atoms with Crippen LogP contribution in [-0.2, 0) is 0 Å². The van der Waals surface area contributed by atoms with Gasteiger partial charge in [0.15, 0.2) is 5.82 Å². The summed E-state index contributed by atoms with van der Waals surface area (Å²) in [5.74, 6) is 0.543. The summed E-state index contributed by atoms with van der Waals surface area (Å²) >= 11 is 0. The predicted octanol–water partition coefficient (Wildman–Crippen LogP) is 6.71. The summed E-state index contributed by atoms with van der Waals surface area (Å²) in [5, 5.41) is 6.20. The summed E-state index contributed by atoms with van der Waals surface area (Å²) in [6, 6.07) is 12.4. The standard InChI is InChI=1S/C35H40F2N6O/c1-42(2)34(13-5-14-34)20-39-32-27-18-38-30(26-10-4-8-23-7-3-9-25(28(23)26)22-11-12-22)29(37)31(27)40-33(41-32)44-21-35-15-6-16-43(35)19-24(36)17-35/h3-4,7-10,18,22,24H,5-6,11-17,19-21H2,1-2H3,(H,39,40,41)/t24-,35+/m0/s1. The summed E-state index contributed by atoms with van der Waals surface area (Å²) in [6.07, 6.45) is 8.85. The van der Waals surface area contributed by atoms with Gasteiger partial charge in [0.05, 0.1) is 10.9 Å². The highest BCUT2D eigenvalue weighted by molar-refractivity contribution is 6.01. The second-order valence-corrected chi connectivity index (χ2v) is 13.8. The predicted molar refractivity (Wildman–Crippen MR) is 170 cm³/mol. The number of aromatic nitrogens is 3. The third-order valence-corrected chi connectivity index (χ3v) is 10.9. The van der Waals surface area contributed by atoms with Gasteiger partial charge in [-0.15, -0.1) is 0 Å². The molecule has 4 fully saturated rings. The zero-order valence-corrected chi connectivity index (χ0v) is 25.6. The molecular weight excluding hydrogens is 558 g/mol. The average Bonchev–Trinajstić information content (AvgIpc) is 3.70. The molecule has 4 aliphatic rings. The summed E-state index contributed by atoms with van der Waals surface area (Å²) in [5.41, 5.74) is 2.18. The monoisotopic (exact) mass is 598 g/mol. The van der Waals surface area contributed by atoms with E-state index in [0.717, 1.165) is 61.4 Å². The van der Waals surface area contributed by atoms with Crippen LogP contribution in [0.4, 0.5) is 14.6 Å². The van der Waals surface area contributed by atoms with E-state index in [9.17, 15) is 4.39 Å². The molecule has 2 aliphatic carbocycles. The van der Waals surface area contributed by atoms with Crippen LogP contribution in [-0.4, -0.2) is 82.3 Å². The van der Waals surface area contributed by atoms with Crippen molar-refractivity contribution < 1.29 is 13.5 Å². The largest absolute Gasteiger partial charge is 0.461 e. The molecule has 4 heterocycles. The molecule has 2 saturated heterocycles. The van der Waals surface area contributed by atoms with Gasteiger partial charge in [-0.25, -0.2) is 8.78 Å². The van der Waals surface area contributed by atoms with E-state index < -0.39 is 12.0 Å². The van der Waals surface area contributed by atoms with Gasteiger partial charge in [-0.2, -0.15) is 9.97 Å². The van der Waals surface area contributed by atoms with E-state index in [1.165, 1.54) is 12.0 Å². The quantitative estimate of drug-likeness (QED) is 0.230. The molecular formula is C35H40F2N6O. The van der Waals surface area contributed by atoms with E-state index in [4.69, 9.17) is 14.7 Å². The molecule has 0 spiro atoms. The van der Waals surface area contributed by atoms with Gasteiger partial charge in [-0.3, -0.25) is 9.88 Å². The van der Waals surface area contributed by atoms with Crippen molar-refractivity contribution in [1.29, 1.82) is 0 Å². The Morgan fingerprint density at radius 1 is 1.07 bits per heavy atom. The lowest BCUT2D eigenvalue weighted by atomic mass is 9.75. The summed E-state index contributed by atoms with van der Waals surface area (Å²) in [6.45, 7) is 2.27. The molecule has 230 valence electrons. The Morgan fingerprint density at radius 2 is 1.89 bits per heavy atom. The number of fused-ring (bicyclic) bond motifs is 3. The van der Waals surface area contributed by atoms with Gasteiger partial charge in [-0.1, -0.05) is 36.4 Å². The summed E-state index contributed by atoms with van der Waals surface area (Å²) in [7, 11) is 4.21. The first-order chi connectivity index (χ1) is 21.4. The minimum absolute atomic E-state index is 0.0235. The van der Waals surface area contributed by atoms with E-state index >= 15 is 4.39 Å². The van der Waals surface area contributed by atoms with Gasteiger partial charge in [0.2, 0.25) is 0 Å². The minimum Gasteiger partial charge on any atom is -0.461 e. The molecule has 2 aromatic heterocycles. The summed E-state index contributed by atoms with van der Waals surface area (Å²) < 4.78 is 37.5. The fourth-order valence-electron chi connectivity index (χ4n) is 7.99. The number of pyridine rings is 1. The Kier molecular flexibility index (Phi) is 6.75. The van der Waals surface area contributed by atoms with Crippen LogP contribution in [0.2, 0.25) is 0 Å². The Morgan fingerprint density at radius 3 is 2.64 bits per heavy atom.